The Bertz CT molecular complexity index is 482. The third-order valence-electron chi connectivity index (χ3n) is 3.65. The summed E-state index contributed by atoms with van der Waals surface area (Å²) >= 11 is 0. The van der Waals surface area contributed by atoms with E-state index >= 15 is 0 Å². The fraction of sp³-hybridized carbons (Fsp3) is 0.562. The minimum absolute atomic E-state index is 0.400. The van der Waals surface area contributed by atoms with Crippen molar-refractivity contribution in [2.75, 3.05) is 34.3 Å². The van der Waals surface area contributed by atoms with Crippen molar-refractivity contribution in [3.8, 4) is 11.5 Å². The number of carbonyl (C=O) groups excluding carboxylic acids is 1. The van der Waals surface area contributed by atoms with E-state index in [1.54, 1.807) is 21.2 Å². The van der Waals surface area contributed by atoms with Gasteiger partial charge in [-0.15, -0.1) is 0 Å². The molecule has 0 saturated carbocycles. The molecule has 116 valence electrons. The number of hydrogen-bond donors (Lipinski definition) is 0. The molecule has 0 spiro atoms. The number of amides is 1. The third kappa shape index (κ3) is 4.36. The summed E-state index contributed by atoms with van der Waals surface area (Å²) in [6.45, 7) is 3.16. The predicted molar refractivity (Wildman–Crippen MR) is 81.8 cm³/mol. The summed E-state index contributed by atoms with van der Waals surface area (Å²) in [6.07, 6.45) is 3.45. The summed E-state index contributed by atoms with van der Waals surface area (Å²) in [4.78, 5) is 15.6. The molecule has 5 nitrogen and oxygen atoms in total. The molecule has 1 saturated heterocycles. The van der Waals surface area contributed by atoms with Crippen molar-refractivity contribution < 1.29 is 14.3 Å². The molecule has 1 fully saturated rings. The summed E-state index contributed by atoms with van der Waals surface area (Å²) in [6, 6.07) is 5.78. The smallest absolute Gasteiger partial charge is 0.414 e. The number of carbonyl (C=O) groups is 1. The highest BCUT2D eigenvalue weighted by Crippen LogP contribution is 2.29. The first-order valence-electron chi connectivity index (χ1n) is 7.38. The van der Waals surface area contributed by atoms with Crippen molar-refractivity contribution in [3.63, 3.8) is 0 Å². The van der Waals surface area contributed by atoms with Crippen LogP contribution in [-0.2, 0) is 6.54 Å². The highest BCUT2D eigenvalue weighted by molar-refractivity contribution is 5.71. The lowest BCUT2D eigenvalue weighted by Crippen LogP contribution is -2.29. The van der Waals surface area contributed by atoms with Gasteiger partial charge in [-0.05, 0) is 43.6 Å². The molecule has 0 atom stereocenters. The van der Waals surface area contributed by atoms with E-state index in [-0.39, 0.29) is 0 Å². The van der Waals surface area contributed by atoms with Gasteiger partial charge >= 0.3 is 6.09 Å². The van der Waals surface area contributed by atoms with Crippen LogP contribution >= 0.6 is 0 Å². The molecule has 1 aromatic carbocycles. The molecule has 1 amide bonds. The van der Waals surface area contributed by atoms with Crippen LogP contribution in [-0.4, -0.2) is 50.2 Å². The molecule has 0 aliphatic carbocycles. The lowest BCUT2D eigenvalue weighted by atomic mass is 10.1. The van der Waals surface area contributed by atoms with Gasteiger partial charge in [-0.25, -0.2) is 4.79 Å². The van der Waals surface area contributed by atoms with Crippen molar-refractivity contribution in [2.24, 2.45) is 0 Å². The molecule has 5 heteroatoms. The maximum Gasteiger partial charge on any atom is 0.414 e. The molecule has 0 bridgehead atoms. The third-order valence-corrected chi connectivity index (χ3v) is 3.65. The average molecular weight is 292 g/mol. The molecule has 21 heavy (non-hydrogen) atoms. The first-order valence-corrected chi connectivity index (χ1v) is 7.38. The second kappa shape index (κ2) is 7.31. The standard InChI is InChI=1S/C16H24N2O3/c1-17(2)16(19)21-15-11-13(7-8-14(15)20-3)12-18-9-5-4-6-10-18/h7-8,11H,4-6,9-10,12H2,1-3H3. The number of benzene rings is 1. The summed E-state index contributed by atoms with van der Waals surface area (Å²) in [5.74, 6) is 1.05. The van der Waals surface area contributed by atoms with E-state index in [1.165, 1.54) is 24.2 Å². The van der Waals surface area contributed by atoms with Crippen molar-refractivity contribution in [1.82, 2.24) is 9.80 Å². The second-order valence-electron chi connectivity index (χ2n) is 5.58. The van der Waals surface area contributed by atoms with E-state index in [2.05, 4.69) is 4.90 Å². The molecule has 0 radical (unpaired) electrons. The van der Waals surface area contributed by atoms with Gasteiger partial charge < -0.3 is 14.4 Å². The molecule has 0 N–H and O–H groups in total. The Kier molecular flexibility index (Phi) is 5.44. The summed E-state index contributed by atoms with van der Waals surface area (Å²) in [5, 5.41) is 0. The highest BCUT2D eigenvalue weighted by atomic mass is 16.6. The Morgan fingerprint density at radius 2 is 1.90 bits per heavy atom. The molecule has 1 aliphatic heterocycles. The van der Waals surface area contributed by atoms with Crippen LogP contribution in [0.25, 0.3) is 0 Å². The van der Waals surface area contributed by atoms with Crippen molar-refractivity contribution >= 4 is 6.09 Å². The zero-order valence-electron chi connectivity index (χ0n) is 13.1. The van der Waals surface area contributed by atoms with Gasteiger partial charge in [-0.1, -0.05) is 12.5 Å². The molecule has 1 heterocycles. The Hall–Kier alpha value is -1.75. The highest BCUT2D eigenvalue weighted by Gasteiger charge is 2.15. The van der Waals surface area contributed by atoms with Gasteiger partial charge in [0.25, 0.3) is 0 Å². The summed E-state index contributed by atoms with van der Waals surface area (Å²) in [7, 11) is 4.89. The zero-order chi connectivity index (χ0) is 15.2. The van der Waals surface area contributed by atoms with Gasteiger partial charge in [0.2, 0.25) is 0 Å². The monoisotopic (exact) mass is 292 g/mol. The lowest BCUT2D eigenvalue weighted by Gasteiger charge is -2.26. The molecule has 2 rings (SSSR count). The minimum atomic E-state index is -0.400. The Labute approximate surface area is 126 Å². The first-order chi connectivity index (χ1) is 10.1. The normalized spacial score (nSPS) is 15.6. The minimum Gasteiger partial charge on any atom is -0.493 e. The van der Waals surface area contributed by atoms with E-state index < -0.39 is 6.09 Å². The van der Waals surface area contributed by atoms with E-state index in [0.29, 0.717) is 11.5 Å². The topological polar surface area (TPSA) is 42.0 Å². The Morgan fingerprint density at radius 3 is 2.52 bits per heavy atom. The second-order valence-corrected chi connectivity index (χ2v) is 5.58. The lowest BCUT2D eigenvalue weighted by molar-refractivity contribution is 0.170. The number of methoxy groups -OCH3 is 1. The average Bonchev–Trinajstić information content (AvgIpc) is 2.48. The Morgan fingerprint density at radius 1 is 1.19 bits per heavy atom. The predicted octanol–water partition coefficient (Wildman–Crippen LogP) is 2.74. The van der Waals surface area contributed by atoms with Crippen LogP contribution in [0.15, 0.2) is 18.2 Å². The summed E-state index contributed by atoms with van der Waals surface area (Å²) in [5.41, 5.74) is 1.14. The van der Waals surface area contributed by atoms with Crippen molar-refractivity contribution in [2.45, 2.75) is 25.8 Å². The van der Waals surface area contributed by atoms with Gasteiger partial charge in [0.05, 0.1) is 7.11 Å². The van der Waals surface area contributed by atoms with Gasteiger partial charge in [0.15, 0.2) is 11.5 Å². The van der Waals surface area contributed by atoms with Gasteiger partial charge in [0, 0.05) is 20.6 Å². The fourth-order valence-electron chi connectivity index (χ4n) is 2.46. The number of nitrogens with zero attached hydrogens (tertiary/aromatic N) is 2. The quantitative estimate of drug-likeness (QED) is 0.855. The largest absolute Gasteiger partial charge is 0.493 e. The van der Waals surface area contributed by atoms with E-state index in [4.69, 9.17) is 9.47 Å². The van der Waals surface area contributed by atoms with Crippen LogP contribution < -0.4 is 9.47 Å². The number of piperidine rings is 1. The van der Waals surface area contributed by atoms with Crippen LogP contribution in [0.1, 0.15) is 24.8 Å². The van der Waals surface area contributed by atoms with E-state index in [0.717, 1.165) is 25.2 Å². The molecular formula is C16H24N2O3. The SMILES string of the molecule is COc1ccc(CN2CCCCC2)cc1OC(=O)N(C)C. The number of likely N-dealkylation sites (tertiary alicyclic amines) is 1. The van der Waals surface area contributed by atoms with Gasteiger partial charge in [0.1, 0.15) is 0 Å². The molecule has 1 aromatic rings. The van der Waals surface area contributed by atoms with Crippen LogP contribution in [0.2, 0.25) is 0 Å². The van der Waals surface area contributed by atoms with Crippen LogP contribution in [0.4, 0.5) is 4.79 Å². The zero-order valence-corrected chi connectivity index (χ0v) is 13.1. The fourth-order valence-corrected chi connectivity index (χ4v) is 2.46. The van der Waals surface area contributed by atoms with Crippen LogP contribution in [0.5, 0.6) is 11.5 Å². The van der Waals surface area contributed by atoms with Gasteiger partial charge in [-0.3, -0.25) is 4.90 Å². The van der Waals surface area contributed by atoms with Crippen molar-refractivity contribution in [1.29, 1.82) is 0 Å². The number of ether oxygens (including phenoxy) is 2. The molecule has 0 aromatic heterocycles. The van der Waals surface area contributed by atoms with Gasteiger partial charge in [-0.2, -0.15) is 0 Å². The van der Waals surface area contributed by atoms with E-state index in [1.807, 2.05) is 18.2 Å². The number of hydrogen-bond acceptors (Lipinski definition) is 4. The van der Waals surface area contributed by atoms with Crippen LogP contribution in [0, 0.1) is 0 Å². The molecular weight excluding hydrogens is 268 g/mol. The first kappa shape index (κ1) is 15.6. The Balaban J connectivity index is 2.10. The summed E-state index contributed by atoms with van der Waals surface area (Å²) < 4.78 is 10.6. The van der Waals surface area contributed by atoms with Crippen molar-refractivity contribution in [3.05, 3.63) is 23.8 Å². The molecule has 1 aliphatic rings. The van der Waals surface area contributed by atoms with Crippen LogP contribution in [0.3, 0.4) is 0 Å². The van der Waals surface area contributed by atoms with E-state index in [9.17, 15) is 4.79 Å². The molecule has 0 unspecified atom stereocenters. The maximum atomic E-state index is 11.7. The maximum absolute atomic E-state index is 11.7. The number of rotatable bonds is 4.